The van der Waals surface area contributed by atoms with Gasteiger partial charge in [-0.15, -0.1) is 0 Å². The van der Waals surface area contributed by atoms with Gasteiger partial charge in [0.05, 0.1) is 0 Å². The van der Waals surface area contributed by atoms with Gasteiger partial charge in [-0.1, -0.05) is 11.6 Å². The van der Waals surface area contributed by atoms with Gasteiger partial charge in [0.15, 0.2) is 0 Å². The summed E-state index contributed by atoms with van der Waals surface area (Å²) in [6, 6.07) is 2.07. The first-order valence-electron chi connectivity index (χ1n) is 3.38. The molecule has 0 aromatic heterocycles. The van der Waals surface area contributed by atoms with Crippen LogP contribution in [0.15, 0.2) is 18.2 Å². The second kappa shape index (κ2) is 3.57. The summed E-state index contributed by atoms with van der Waals surface area (Å²) < 4.78 is 48.2. The Hall–Kier alpha value is -1.10. The van der Waals surface area contributed by atoms with E-state index in [1.807, 2.05) is 0 Å². The topological polar surface area (TPSA) is 17.1 Å². The largest absolute Gasteiger partial charge is 0.454 e. The van der Waals surface area contributed by atoms with Crippen molar-refractivity contribution in [1.82, 2.24) is 0 Å². The number of carbonyl (C=O) groups is 1. The highest BCUT2D eigenvalue weighted by molar-refractivity contribution is 6.31. The van der Waals surface area contributed by atoms with E-state index in [2.05, 4.69) is 0 Å². The molecule has 0 atom stereocenters. The predicted octanol–water partition coefficient (Wildman–Crippen LogP) is 3.22. The smallest absolute Gasteiger partial charge is 0.284 e. The van der Waals surface area contributed by atoms with Crippen LogP contribution in [0.25, 0.3) is 0 Å². The van der Waals surface area contributed by atoms with Crippen LogP contribution in [0.4, 0.5) is 17.6 Å². The van der Waals surface area contributed by atoms with Crippen LogP contribution in [0.3, 0.4) is 0 Å². The Morgan fingerprint density at radius 2 is 1.79 bits per heavy atom. The molecule has 0 aliphatic rings. The summed E-state index contributed by atoms with van der Waals surface area (Å²) in [6.07, 6.45) is -5.02. The van der Waals surface area contributed by atoms with Gasteiger partial charge in [-0.3, -0.25) is 4.79 Å². The lowest BCUT2D eigenvalue weighted by Crippen LogP contribution is -2.22. The lowest BCUT2D eigenvalue weighted by atomic mass is 10.1. The molecular formula is C8H3ClF4O. The van der Waals surface area contributed by atoms with Crippen LogP contribution in [0.2, 0.25) is 5.02 Å². The number of hydrogen-bond donors (Lipinski definition) is 0. The Labute approximate surface area is 81.3 Å². The van der Waals surface area contributed by atoms with Crippen molar-refractivity contribution in [3.8, 4) is 0 Å². The SMILES string of the molecule is O=C(c1cc(F)cc(Cl)c1)C(F)(F)F. The molecule has 0 fully saturated rings. The molecule has 1 nitrogen and oxygen atoms in total. The second-order valence-corrected chi connectivity index (χ2v) is 2.92. The van der Waals surface area contributed by atoms with Gasteiger partial charge < -0.3 is 0 Å². The number of rotatable bonds is 1. The molecule has 76 valence electrons. The van der Waals surface area contributed by atoms with Crippen molar-refractivity contribution in [2.24, 2.45) is 0 Å². The zero-order chi connectivity index (χ0) is 10.9. The van der Waals surface area contributed by atoms with Crippen LogP contribution in [0, 0.1) is 5.82 Å². The summed E-state index contributed by atoms with van der Waals surface area (Å²) in [6.45, 7) is 0. The zero-order valence-electron chi connectivity index (χ0n) is 6.53. The van der Waals surface area contributed by atoms with Crippen molar-refractivity contribution in [3.63, 3.8) is 0 Å². The number of Topliss-reactive ketones (excluding diaryl/α,β-unsaturated/α-hetero) is 1. The summed E-state index contributed by atoms with van der Waals surface area (Å²) in [7, 11) is 0. The van der Waals surface area contributed by atoms with E-state index in [0.29, 0.717) is 6.07 Å². The minimum Gasteiger partial charge on any atom is -0.284 e. The molecule has 0 N–H and O–H groups in total. The summed E-state index contributed by atoms with van der Waals surface area (Å²) in [5, 5.41) is -0.252. The van der Waals surface area contributed by atoms with E-state index in [1.165, 1.54) is 0 Å². The van der Waals surface area contributed by atoms with Crippen LogP contribution in [-0.4, -0.2) is 12.0 Å². The van der Waals surface area contributed by atoms with E-state index in [1.54, 1.807) is 0 Å². The average Bonchev–Trinajstić information content (AvgIpc) is 1.99. The third kappa shape index (κ3) is 2.45. The van der Waals surface area contributed by atoms with Gasteiger partial charge in [-0.05, 0) is 18.2 Å². The molecule has 1 aromatic carbocycles. The molecule has 6 heteroatoms. The summed E-state index contributed by atoms with van der Waals surface area (Å²) in [4.78, 5) is 10.6. The summed E-state index contributed by atoms with van der Waals surface area (Å²) in [5.41, 5.74) is -0.803. The van der Waals surface area contributed by atoms with Crippen LogP contribution in [0.1, 0.15) is 10.4 Å². The van der Waals surface area contributed by atoms with Crippen molar-refractivity contribution in [2.45, 2.75) is 6.18 Å². The maximum atomic E-state index is 12.6. The standard InChI is InChI=1S/C8H3ClF4O/c9-5-1-4(2-6(10)3-5)7(14)8(11,12)13/h1-3H. The molecule has 0 amide bonds. The van der Waals surface area contributed by atoms with Gasteiger partial charge in [-0.2, -0.15) is 13.2 Å². The van der Waals surface area contributed by atoms with Crippen LogP contribution < -0.4 is 0 Å². The van der Waals surface area contributed by atoms with Gasteiger partial charge in [0.1, 0.15) is 5.82 Å². The molecule has 0 bridgehead atoms. The van der Waals surface area contributed by atoms with Crippen molar-refractivity contribution >= 4 is 17.4 Å². The Kier molecular flexibility index (Phi) is 2.80. The van der Waals surface area contributed by atoms with E-state index in [9.17, 15) is 22.4 Å². The molecule has 1 rings (SSSR count). The molecule has 0 radical (unpaired) electrons. The van der Waals surface area contributed by atoms with Crippen molar-refractivity contribution in [3.05, 3.63) is 34.6 Å². The fourth-order valence-electron chi connectivity index (χ4n) is 0.849. The highest BCUT2D eigenvalue weighted by atomic mass is 35.5. The summed E-state index contributed by atoms with van der Waals surface area (Å²) >= 11 is 5.28. The van der Waals surface area contributed by atoms with Crippen molar-refractivity contribution in [1.29, 1.82) is 0 Å². The van der Waals surface area contributed by atoms with E-state index in [4.69, 9.17) is 11.6 Å². The normalized spacial score (nSPS) is 11.5. The molecule has 14 heavy (non-hydrogen) atoms. The average molecular weight is 227 g/mol. The Morgan fingerprint density at radius 1 is 1.21 bits per heavy atom. The zero-order valence-corrected chi connectivity index (χ0v) is 7.29. The Morgan fingerprint density at radius 3 is 2.21 bits per heavy atom. The van der Waals surface area contributed by atoms with Gasteiger partial charge >= 0.3 is 6.18 Å². The minimum absolute atomic E-state index is 0.252. The first kappa shape index (κ1) is 11.0. The van der Waals surface area contributed by atoms with E-state index in [0.717, 1.165) is 12.1 Å². The first-order valence-corrected chi connectivity index (χ1v) is 3.76. The highest BCUT2D eigenvalue weighted by Gasteiger charge is 2.39. The second-order valence-electron chi connectivity index (χ2n) is 2.49. The monoisotopic (exact) mass is 226 g/mol. The third-order valence-electron chi connectivity index (χ3n) is 1.38. The fraction of sp³-hybridized carbons (Fsp3) is 0.125. The van der Waals surface area contributed by atoms with Crippen LogP contribution >= 0.6 is 11.6 Å². The molecule has 0 unspecified atom stereocenters. The minimum atomic E-state index is -5.02. The highest BCUT2D eigenvalue weighted by Crippen LogP contribution is 2.23. The number of carbonyl (C=O) groups excluding carboxylic acids is 1. The van der Waals surface area contributed by atoms with E-state index >= 15 is 0 Å². The Balaban J connectivity index is 3.14. The van der Waals surface area contributed by atoms with Crippen LogP contribution in [-0.2, 0) is 0 Å². The number of halogens is 5. The molecule has 0 spiro atoms. The van der Waals surface area contributed by atoms with Crippen molar-refractivity contribution in [2.75, 3.05) is 0 Å². The van der Waals surface area contributed by atoms with Gasteiger partial charge in [0.25, 0.3) is 5.78 Å². The molecular weight excluding hydrogens is 224 g/mol. The fourth-order valence-corrected chi connectivity index (χ4v) is 1.07. The van der Waals surface area contributed by atoms with E-state index in [-0.39, 0.29) is 5.02 Å². The van der Waals surface area contributed by atoms with E-state index < -0.39 is 23.3 Å². The molecule has 0 heterocycles. The molecule has 0 saturated carbocycles. The lowest BCUT2D eigenvalue weighted by Gasteiger charge is -2.05. The van der Waals surface area contributed by atoms with Crippen LogP contribution in [0.5, 0.6) is 0 Å². The van der Waals surface area contributed by atoms with Gasteiger partial charge in [-0.25, -0.2) is 4.39 Å². The Bertz CT molecular complexity index is 352. The number of hydrogen-bond acceptors (Lipinski definition) is 1. The molecule has 0 saturated heterocycles. The van der Waals surface area contributed by atoms with Gasteiger partial charge in [0.2, 0.25) is 0 Å². The lowest BCUT2D eigenvalue weighted by molar-refractivity contribution is -0.0885. The van der Waals surface area contributed by atoms with Crippen molar-refractivity contribution < 1.29 is 22.4 Å². The molecule has 0 aliphatic heterocycles. The number of alkyl halides is 3. The quantitative estimate of drug-likeness (QED) is 0.531. The first-order chi connectivity index (χ1) is 6.30. The summed E-state index contributed by atoms with van der Waals surface area (Å²) in [5.74, 6) is -3.09. The third-order valence-corrected chi connectivity index (χ3v) is 1.60. The van der Waals surface area contributed by atoms with Gasteiger partial charge in [0, 0.05) is 10.6 Å². The number of ketones is 1. The predicted molar refractivity (Wildman–Crippen MR) is 41.8 cm³/mol. The maximum absolute atomic E-state index is 12.6. The molecule has 1 aromatic rings. The maximum Gasteiger partial charge on any atom is 0.454 e. The molecule has 0 aliphatic carbocycles. The number of benzene rings is 1.